The van der Waals surface area contributed by atoms with E-state index in [1.54, 1.807) is 6.08 Å². The molecule has 2 heterocycles. The zero-order chi connectivity index (χ0) is 15.0. The second kappa shape index (κ2) is 5.30. The molecule has 0 radical (unpaired) electrons. The monoisotopic (exact) mass is 297 g/mol. The minimum absolute atomic E-state index is 0.0650. The van der Waals surface area contributed by atoms with Crippen molar-refractivity contribution in [3.8, 4) is 10.4 Å². The summed E-state index contributed by atoms with van der Waals surface area (Å²) in [5.74, 6) is 0.0575. The molecule has 0 aromatic carbocycles. The number of thiophene rings is 1. The molecule has 0 spiro atoms. The fraction of sp³-hybridized carbons (Fsp3) is 0.176. The van der Waals surface area contributed by atoms with E-state index in [1.165, 1.54) is 11.3 Å². The second-order valence-electron chi connectivity index (χ2n) is 4.93. The van der Waals surface area contributed by atoms with Gasteiger partial charge in [-0.2, -0.15) is 0 Å². The predicted molar refractivity (Wildman–Crippen MR) is 85.2 cm³/mol. The lowest BCUT2D eigenvalue weighted by Gasteiger charge is -2.19. The summed E-state index contributed by atoms with van der Waals surface area (Å²) in [7, 11) is 0. The lowest BCUT2D eigenvalue weighted by Crippen LogP contribution is -2.20. The molecule has 3 rings (SSSR count). The van der Waals surface area contributed by atoms with E-state index in [0.717, 1.165) is 27.4 Å². The van der Waals surface area contributed by atoms with E-state index in [9.17, 15) is 9.90 Å². The van der Waals surface area contributed by atoms with Crippen LogP contribution >= 0.6 is 11.3 Å². The maximum atomic E-state index is 12.1. The summed E-state index contributed by atoms with van der Waals surface area (Å²) in [5, 5.41) is 10.0. The highest BCUT2D eigenvalue weighted by molar-refractivity contribution is 7.17. The third-order valence-electron chi connectivity index (χ3n) is 3.42. The van der Waals surface area contributed by atoms with Gasteiger partial charge in [-0.1, -0.05) is 19.1 Å². The summed E-state index contributed by atoms with van der Waals surface area (Å²) < 4.78 is 0. The lowest BCUT2D eigenvalue weighted by atomic mass is 9.86. The van der Waals surface area contributed by atoms with Crippen molar-refractivity contribution in [1.29, 1.82) is 0 Å². The number of carbonyl (C=O) groups excluding carboxylic acids is 1. The van der Waals surface area contributed by atoms with Crippen LogP contribution in [0.15, 0.2) is 47.9 Å². The molecule has 1 N–H and O–H groups in total. The molecule has 0 unspecified atom stereocenters. The molecule has 0 bridgehead atoms. The molecular weight excluding hydrogens is 282 g/mol. The van der Waals surface area contributed by atoms with Gasteiger partial charge in [-0.05, 0) is 31.5 Å². The molecule has 0 amide bonds. The van der Waals surface area contributed by atoms with E-state index in [4.69, 9.17) is 0 Å². The number of ketones is 1. The number of aliphatic hydroxyl groups is 1. The quantitative estimate of drug-likeness (QED) is 0.859. The van der Waals surface area contributed by atoms with Crippen LogP contribution in [0.2, 0.25) is 0 Å². The molecule has 1 aliphatic rings. The Labute approximate surface area is 127 Å². The Hall–Kier alpha value is -2.20. The van der Waals surface area contributed by atoms with Crippen molar-refractivity contribution in [3.63, 3.8) is 0 Å². The van der Waals surface area contributed by atoms with Crippen LogP contribution in [0.25, 0.3) is 16.0 Å². The number of nitrogens with zero attached hydrogens (tertiary/aromatic N) is 1. The molecule has 4 heteroatoms. The summed E-state index contributed by atoms with van der Waals surface area (Å²) in [4.78, 5) is 18.2. The van der Waals surface area contributed by atoms with Crippen molar-refractivity contribution in [2.75, 3.05) is 0 Å². The summed E-state index contributed by atoms with van der Waals surface area (Å²) >= 11 is 1.50. The molecule has 0 fully saturated rings. The summed E-state index contributed by atoms with van der Waals surface area (Å²) in [5.41, 5.74) is 2.87. The van der Waals surface area contributed by atoms with Crippen molar-refractivity contribution < 1.29 is 9.90 Å². The fourth-order valence-electron chi connectivity index (χ4n) is 2.28. The number of aromatic nitrogens is 1. The molecule has 0 saturated carbocycles. The first kappa shape index (κ1) is 13.8. The van der Waals surface area contributed by atoms with E-state index < -0.39 is 0 Å². The van der Waals surface area contributed by atoms with E-state index in [0.29, 0.717) is 11.1 Å². The Kier molecular flexibility index (Phi) is 3.47. The Bertz CT molecular complexity index is 766. The third-order valence-corrected chi connectivity index (χ3v) is 4.57. The van der Waals surface area contributed by atoms with Gasteiger partial charge in [-0.25, -0.2) is 0 Å². The SMILES string of the molecule is CC/C=C1/C(=O)C(c2ccc(-c3ccc(C)nc3)s2)=C1O. The number of pyridine rings is 1. The first-order valence-corrected chi connectivity index (χ1v) is 7.65. The van der Waals surface area contributed by atoms with E-state index in [1.807, 2.05) is 44.3 Å². The van der Waals surface area contributed by atoms with Crippen LogP contribution in [0, 0.1) is 6.92 Å². The molecular formula is C17H15NO2S. The predicted octanol–water partition coefficient (Wildman–Crippen LogP) is 4.31. The Morgan fingerprint density at radius 1 is 1.24 bits per heavy atom. The molecule has 0 aliphatic heterocycles. The molecule has 3 nitrogen and oxygen atoms in total. The maximum Gasteiger partial charge on any atom is 0.201 e. The van der Waals surface area contributed by atoms with Gasteiger partial charge in [-0.3, -0.25) is 9.78 Å². The molecule has 0 atom stereocenters. The lowest BCUT2D eigenvalue weighted by molar-refractivity contribution is -0.111. The second-order valence-corrected chi connectivity index (χ2v) is 6.01. The molecule has 2 aromatic rings. The summed E-state index contributed by atoms with van der Waals surface area (Å²) in [6.45, 7) is 3.89. The maximum absolute atomic E-state index is 12.1. The van der Waals surface area contributed by atoms with Gasteiger partial charge >= 0.3 is 0 Å². The topological polar surface area (TPSA) is 50.2 Å². The van der Waals surface area contributed by atoms with Crippen molar-refractivity contribution in [2.45, 2.75) is 20.3 Å². The average molecular weight is 297 g/mol. The highest BCUT2D eigenvalue weighted by atomic mass is 32.1. The third kappa shape index (κ3) is 2.32. The van der Waals surface area contributed by atoms with Crippen molar-refractivity contribution in [2.24, 2.45) is 0 Å². The van der Waals surface area contributed by atoms with Gasteiger partial charge in [0.25, 0.3) is 0 Å². The Balaban J connectivity index is 1.95. The van der Waals surface area contributed by atoms with Gasteiger partial charge in [0, 0.05) is 27.2 Å². The van der Waals surface area contributed by atoms with Crippen molar-refractivity contribution in [3.05, 3.63) is 58.4 Å². The summed E-state index contributed by atoms with van der Waals surface area (Å²) in [6, 6.07) is 7.81. The van der Waals surface area contributed by atoms with E-state index in [-0.39, 0.29) is 11.5 Å². The molecule has 1 aliphatic carbocycles. The van der Waals surface area contributed by atoms with Gasteiger partial charge in [0.1, 0.15) is 5.76 Å². The minimum Gasteiger partial charge on any atom is -0.506 e. The first-order chi connectivity index (χ1) is 10.1. The van der Waals surface area contributed by atoms with Crippen LogP contribution in [0.5, 0.6) is 0 Å². The highest BCUT2D eigenvalue weighted by Crippen LogP contribution is 2.41. The Morgan fingerprint density at radius 3 is 2.62 bits per heavy atom. The number of aryl methyl sites for hydroxylation is 1. The van der Waals surface area contributed by atoms with Crippen molar-refractivity contribution in [1.82, 2.24) is 4.98 Å². The molecule has 0 saturated heterocycles. The number of rotatable bonds is 3. The smallest absolute Gasteiger partial charge is 0.201 e. The normalized spacial score (nSPS) is 16.5. The number of Topliss-reactive ketones (excluding diaryl/α,β-unsaturated/α-hetero) is 1. The number of aliphatic hydroxyl groups excluding tert-OH is 1. The van der Waals surface area contributed by atoms with Gasteiger partial charge < -0.3 is 5.11 Å². The van der Waals surface area contributed by atoms with Crippen molar-refractivity contribution >= 4 is 22.7 Å². The summed E-state index contributed by atoms with van der Waals surface area (Å²) in [6.07, 6.45) is 4.33. The largest absolute Gasteiger partial charge is 0.506 e. The van der Waals surface area contributed by atoms with Crippen LogP contribution in [0.1, 0.15) is 23.9 Å². The van der Waals surface area contributed by atoms with Gasteiger partial charge in [0.05, 0.1) is 11.1 Å². The minimum atomic E-state index is -0.0650. The van der Waals surface area contributed by atoms with E-state index >= 15 is 0 Å². The standard InChI is InChI=1S/C17H15NO2S/c1-3-4-12-16(19)15(17(12)20)14-8-7-13(21-14)11-6-5-10(2)18-9-11/h4-9,19H,3H2,1-2H3/b12-4+. The van der Waals surface area contributed by atoms with Crippen LogP contribution in [0.3, 0.4) is 0 Å². The number of allylic oxidation sites excluding steroid dienone is 3. The van der Waals surface area contributed by atoms with Crippen LogP contribution in [-0.4, -0.2) is 15.9 Å². The number of hydrogen-bond acceptors (Lipinski definition) is 4. The zero-order valence-corrected chi connectivity index (χ0v) is 12.7. The Morgan fingerprint density at radius 2 is 2.00 bits per heavy atom. The van der Waals surface area contributed by atoms with Crippen LogP contribution < -0.4 is 0 Å². The van der Waals surface area contributed by atoms with Gasteiger partial charge in [-0.15, -0.1) is 11.3 Å². The highest BCUT2D eigenvalue weighted by Gasteiger charge is 2.35. The first-order valence-electron chi connectivity index (χ1n) is 6.83. The molecule has 2 aromatic heterocycles. The number of hydrogen-bond donors (Lipinski definition) is 1. The fourth-order valence-corrected chi connectivity index (χ4v) is 3.32. The molecule has 106 valence electrons. The average Bonchev–Trinajstić information content (AvgIpc) is 2.95. The van der Waals surface area contributed by atoms with Gasteiger partial charge in [0.15, 0.2) is 0 Å². The number of carbonyl (C=O) groups is 1. The zero-order valence-electron chi connectivity index (χ0n) is 11.9. The molecule has 21 heavy (non-hydrogen) atoms. The van der Waals surface area contributed by atoms with Gasteiger partial charge in [0.2, 0.25) is 5.78 Å². The van der Waals surface area contributed by atoms with E-state index in [2.05, 4.69) is 4.98 Å². The van der Waals surface area contributed by atoms with Crippen LogP contribution in [0.4, 0.5) is 0 Å². The van der Waals surface area contributed by atoms with Crippen LogP contribution in [-0.2, 0) is 4.79 Å².